The van der Waals surface area contributed by atoms with Gasteiger partial charge in [-0.2, -0.15) is 0 Å². The summed E-state index contributed by atoms with van der Waals surface area (Å²) in [5, 5.41) is 0. The fraction of sp³-hybridized carbons (Fsp3) is 0.200. The fourth-order valence-electron chi connectivity index (χ4n) is 2.27. The number of pyridine rings is 1. The molecule has 0 aliphatic heterocycles. The number of benzene rings is 1. The monoisotopic (exact) mass is 365 g/mol. The van der Waals surface area contributed by atoms with Gasteiger partial charge in [0.25, 0.3) is 0 Å². The van der Waals surface area contributed by atoms with Crippen LogP contribution in [0.3, 0.4) is 0 Å². The lowest BCUT2D eigenvalue weighted by Gasteiger charge is -2.10. The van der Waals surface area contributed by atoms with Crippen molar-refractivity contribution in [2.75, 3.05) is 13.0 Å². The van der Waals surface area contributed by atoms with E-state index in [0.29, 0.717) is 12.3 Å². The van der Waals surface area contributed by atoms with Gasteiger partial charge in [0, 0.05) is 24.6 Å². The van der Waals surface area contributed by atoms with E-state index in [4.69, 9.17) is 16.3 Å². The number of nitrogens with zero attached hydrogens (tertiary/aromatic N) is 3. The lowest BCUT2D eigenvalue weighted by Crippen LogP contribution is -2.03. The number of alkyl halides is 1. The molecule has 108 valence electrons. The average Bonchev–Trinajstić information content (AvgIpc) is 2.86. The molecule has 0 saturated heterocycles. The van der Waals surface area contributed by atoms with Crippen molar-refractivity contribution < 1.29 is 4.74 Å². The van der Waals surface area contributed by atoms with Crippen LogP contribution in [-0.4, -0.2) is 27.5 Å². The first kappa shape index (κ1) is 14.4. The van der Waals surface area contributed by atoms with Gasteiger partial charge in [-0.15, -0.1) is 11.6 Å². The predicted molar refractivity (Wildman–Crippen MR) is 87.5 cm³/mol. The van der Waals surface area contributed by atoms with E-state index in [1.165, 1.54) is 0 Å². The Labute approximate surface area is 135 Å². The van der Waals surface area contributed by atoms with E-state index in [2.05, 4.69) is 25.9 Å². The Kier molecular flexibility index (Phi) is 4.12. The van der Waals surface area contributed by atoms with Crippen LogP contribution in [0.5, 0.6) is 5.75 Å². The Morgan fingerprint density at radius 1 is 1.33 bits per heavy atom. The molecule has 3 aromatic rings. The molecule has 21 heavy (non-hydrogen) atoms. The second kappa shape index (κ2) is 6.03. The lowest BCUT2D eigenvalue weighted by molar-refractivity contribution is 0.412. The van der Waals surface area contributed by atoms with Gasteiger partial charge in [0.05, 0.1) is 17.3 Å². The third-order valence-corrected chi connectivity index (χ3v) is 4.04. The highest BCUT2D eigenvalue weighted by molar-refractivity contribution is 9.10. The highest BCUT2D eigenvalue weighted by Gasteiger charge is 2.14. The molecule has 4 nitrogen and oxygen atoms in total. The van der Waals surface area contributed by atoms with E-state index in [9.17, 15) is 0 Å². The molecule has 0 aliphatic rings. The van der Waals surface area contributed by atoms with Crippen molar-refractivity contribution in [3.63, 3.8) is 0 Å². The van der Waals surface area contributed by atoms with Crippen LogP contribution in [0.1, 0.15) is 5.82 Å². The summed E-state index contributed by atoms with van der Waals surface area (Å²) in [6, 6.07) is 9.74. The Balaban J connectivity index is 2.24. The molecule has 2 aromatic heterocycles. The van der Waals surface area contributed by atoms with Crippen molar-refractivity contribution in [3.05, 3.63) is 46.8 Å². The second-order valence-electron chi connectivity index (χ2n) is 4.47. The number of ether oxygens (including phenoxy) is 1. The first-order chi connectivity index (χ1) is 10.2. The number of aromatic nitrogens is 3. The Hall–Kier alpha value is -1.59. The van der Waals surface area contributed by atoms with Gasteiger partial charge in [-0.1, -0.05) is 0 Å². The summed E-state index contributed by atoms with van der Waals surface area (Å²) in [6.07, 6.45) is 2.44. The van der Waals surface area contributed by atoms with E-state index >= 15 is 0 Å². The minimum absolute atomic E-state index is 0.511. The van der Waals surface area contributed by atoms with Crippen LogP contribution < -0.4 is 4.74 Å². The zero-order valence-corrected chi connectivity index (χ0v) is 13.7. The molecule has 2 heterocycles. The van der Waals surface area contributed by atoms with Crippen LogP contribution >= 0.6 is 27.5 Å². The molecule has 0 radical (unpaired) electrons. The number of rotatable bonds is 4. The van der Waals surface area contributed by atoms with Crippen LogP contribution in [0.15, 0.2) is 41.0 Å². The normalized spacial score (nSPS) is 11.0. The van der Waals surface area contributed by atoms with Crippen molar-refractivity contribution in [2.24, 2.45) is 0 Å². The first-order valence-corrected chi connectivity index (χ1v) is 7.79. The van der Waals surface area contributed by atoms with Crippen LogP contribution in [0, 0.1) is 0 Å². The van der Waals surface area contributed by atoms with Crippen LogP contribution in [0.4, 0.5) is 0 Å². The molecular weight excluding hydrogens is 354 g/mol. The number of hydrogen-bond donors (Lipinski definition) is 0. The quantitative estimate of drug-likeness (QED) is 0.656. The summed E-state index contributed by atoms with van der Waals surface area (Å²) in [5.41, 5.74) is 2.64. The number of aryl methyl sites for hydroxylation is 1. The van der Waals surface area contributed by atoms with Crippen molar-refractivity contribution in [1.82, 2.24) is 14.5 Å². The van der Waals surface area contributed by atoms with Crippen LogP contribution in [0.25, 0.3) is 16.9 Å². The largest absolute Gasteiger partial charge is 0.495 e. The average molecular weight is 367 g/mol. The summed E-state index contributed by atoms with van der Waals surface area (Å²) in [4.78, 5) is 9.06. The van der Waals surface area contributed by atoms with E-state index in [1.807, 2.05) is 34.9 Å². The van der Waals surface area contributed by atoms with Gasteiger partial charge in [0.15, 0.2) is 5.65 Å². The number of halogens is 2. The van der Waals surface area contributed by atoms with Crippen molar-refractivity contribution in [1.29, 1.82) is 0 Å². The lowest BCUT2D eigenvalue weighted by atomic mass is 10.3. The molecule has 0 aliphatic carbocycles. The molecule has 0 amide bonds. The minimum atomic E-state index is 0.511. The molecule has 0 atom stereocenters. The molecule has 0 unspecified atom stereocenters. The third kappa shape index (κ3) is 2.63. The summed E-state index contributed by atoms with van der Waals surface area (Å²) in [6.45, 7) is 0. The maximum atomic E-state index is 5.90. The third-order valence-electron chi connectivity index (χ3n) is 3.20. The summed E-state index contributed by atoms with van der Waals surface area (Å²) in [5.74, 6) is 2.17. The zero-order chi connectivity index (χ0) is 14.8. The van der Waals surface area contributed by atoms with Crippen molar-refractivity contribution in [3.8, 4) is 11.4 Å². The molecule has 0 saturated carbocycles. The van der Waals surface area contributed by atoms with Crippen LogP contribution in [-0.2, 0) is 6.42 Å². The Bertz CT molecular complexity index is 788. The van der Waals surface area contributed by atoms with Crippen molar-refractivity contribution >= 4 is 38.7 Å². The molecule has 0 spiro atoms. The van der Waals surface area contributed by atoms with E-state index in [0.717, 1.165) is 32.9 Å². The van der Waals surface area contributed by atoms with E-state index in [1.54, 1.807) is 13.3 Å². The SMILES string of the molecule is COc1cc(-n2c(CCCl)nc3cccnc32)ccc1Br. The second-order valence-corrected chi connectivity index (χ2v) is 5.70. The predicted octanol–water partition coefficient (Wildman–Crippen LogP) is 3.97. The molecule has 3 rings (SSSR count). The molecule has 0 bridgehead atoms. The molecule has 0 fully saturated rings. The van der Waals surface area contributed by atoms with Gasteiger partial charge in [-0.05, 0) is 40.2 Å². The maximum absolute atomic E-state index is 5.90. The highest BCUT2D eigenvalue weighted by atomic mass is 79.9. The molecule has 0 N–H and O–H groups in total. The van der Waals surface area contributed by atoms with Crippen molar-refractivity contribution in [2.45, 2.75) is 6.42 Å². The van der Waals surface area contributed by atoms with Gasteiger partial charge < -0.3 is 4.74 Å². The first-order valence-electron chi connectivity index (χ1n) is 6.47. The summed E-state index contributed by atoms with van der Waals surface area (Å²) < 4.78 is 8.30. The standard InChI is InChI=1S/C15H13BrClN3O/c1-21-13-9-10(4-5-11(13)16)20-14(6-7-17)19-12-3-2-8-18-15(12)20/h2-5,8-9H,6-7H2,1H3. The minimum Gasteiger partial charge on any atom is -0.495 e. The molecule has 6 heteroatoms. The Morgan fingerprint density at radius 3 is 2.95 bits per heavy atom. The smallest absolute Gasteiger partial charge is 0.164 e. The highest BCUT2D eigenvalue weighted by Crippen LogP contribution is 2.29. The van der Waals surface area contributed by atoms with Gasteiger partial charge in [0.2, 0.25) is 0 Å². The van der Waals surface area contributed by atoms with Gasteiger partial charge >= 0.3 is 0 Å². The van der Waals surface area contributed by atoms with E-state index < -0.39 is 0 Å². The summed E-state index contributed by atoms with van der Waals surface area (Å²) in [7, 11) is 1.65. The number of methoxy groups -OCH3 is 1. The molecular formula is C15H13BrClN3O. The number of imidazole rings is 1. The topological polar surface area (TPSA) is 39.9 Å². The number of fused-ring (bicyclic) bond motifs is 1. The van der Waals surface area contributed by atoms with Gasteiger partial charge in [0.1, 0.15) is 17.1 Å². The van der Waals surface area contributed by atoms with Gasteiger partial charge in [-0.25, -0.2) is 9.97 Å². The Morgan fingerprint density at radius 2 is 2.19 bits per heavy atom. The van der Waals surface area contributed by atoms with E-state index in [-0.39, 0.29) is 0 Å². The zero-order valence-electron chi connectivity index (χ0n) is 11.4. The molecule has 1 aromatic carbocycles. The van der Waals surface area contributed by atoms with Gasteiger partial charge in [-0.3, -0.25) is 4.57 Å². The number of hydrogen-bond acceptors (Lipinski definition) is 3. The fourth-order valence-corrected chi connectivity index (χ4v) is 2.85. The maximum Gasteiger partial charge on any atom is 0.164 e. The summed E-state index contributed by atoms with van der Waals surface area (Å²) >= 11 is 9.37. The van der Waals surface area contributed by atoms with Crippen LogP contribution in [0.2, 0.25) is 0 Å².